The van der Waals surface area contributed by atoms with E-state index in [1.165, 1.54) is 77.4 Å². The Morgan fingerprint density at radius 1 is 0.893 bits per heavy atom. The molecule has 0 aromatic heterocycles. The minimum Gasteiger partial charge on any atom is -0.333 e. The van der Waals surface area contributed by atoms with Crippen LogP contribution in [-0.4, -0.2) is 54.1 Å². The molecule has 2 amide bonds. The molecule has 2 aliphatic heterocycles. The number of piperidine rings is 2. The van der Waals surface area contributed by atoms with Gasteiger partial charge in [0.1, 0.15) is 0 Å². The summed E-state index contributed by atoms with van der Waals surface area (Å²) in [4.78, 5) is 17.9. The van der Waals surface area contributed by atoms with Gasteiger partial charge in [0.15, 0.2) is 0 Å². The minimum absolute atomic E-state index is 0.156. The number of hydrogen-bond donors (Lipinski definition) is 1. The molecule has 2 atom stereocenters. The fourth-order valence-electron chi connectivity index (χ4n) is 8.19. The zero-order chi connectivity index (χ0) is 19.3. The number of amides is 2. The molecule has 4 heteroatoms. The molecule has 0 spiro atoms. The molecule has 0 unspecified atom stereocenters. The summed E-state index contributed by atoms with van der Waals surface area (Å²) in [5.74, 6) is 5.15. The number of carbonyl (C=O) groups is 1. The van der Waals surface area contributed by atoms with Crippen LogP contribution in [0.2, 0.25) is 0 Å². The van der Waals surface area contributed by atoms with E-state index < -0.39 is 0 Å². The molecular weight excluding hydrogens is 346 g/mol. The normalized spacial score (nSPS) is 44.1. The Hall–Kier alpha value is -0.770. The number of urea groups is 1. The van der Waals surface area contributed by atoms with Gasteiger partial charge in [-0.25, -0.2) is 4.79 Å². The minimum atomic E-state index is 0.156. The van der Waals surface area contributed by atoms with E-state index in [4.69, 9.17) is 0 Å². The van der Waals surface area contributed by atoms with Crippen molar-refractivity contribution in [2.24, 2.45) is 35.5 Å². The van der Waals surface area contributed by atoms with E-state index in [2.05, 4.69) is 29.0 Å². The average molecular weight is 388 g/mol. The van der Waals surface area contributed by atoms with Gasteiger partial charge in [0.2, 0.25) is 0 Å². The highest BCUT2D eigenvalue weighted by Crippen LogP contribution is 2.55. The fourth-order valence-corrected chi connectivity index (χ4v) is 8.19. The second kappa shape index (κ2) is 7.49. The Balaban J connectivity index is 1.11. The predicted molar refractivity (Wildman–Crippen MR) is 113 cm³/mol. The molecule has 6 fully saturated rings. The molecule has 2 saturated heterocycles. The Labute approximate surface area is 171 Å². The van der Waals surface area contributed by atoms with Crippen molar-refractivity contribution in [1.29, 1.82) is 0 Å². The van der Waals surface area contributed by atoms with Gasteiger partial charge in [0, 0.05) is 38.3 Å². The zero-order valence-corrected chi connectivity index (χ0v) is 18.2. The zero-order valence-electron chi connectivity index (χ0n) is 18.2. The van der Waals surface area contributed by atoms with Gasteiger partial charge < -0.3 is 15.1 Å². The van der Waals surface area contributed by atoms with Crippen molar-refractivity contribution in [1.82, 2.24) is 15.1 Å². The van der Waals surface area contributed by atoms with Gasteiger partial charge in [-0.3, -0.25) is 0 Å². The topological polar surface area (TPSA) is 35.6 Å². The summed E-state index contributed by atoms with van der Waals surface area (Å²) in [6.45, 7) is 10.5. The van der Waals surface area contributed by atoms with Gasteiger partial charge in [-0.05, 0) is 93.3 Å². The van der Waals surface area contributed by atoms with Crippen LogP contribution in [-0.2, 0) is 0 Å². The number of nitrogens with one attached hydrogen (secondary N) is 1. The van der Waals surface area contributed by atoms with E-state index >= 15 is 0 Å². The molecule has 158 valence electrons. The van der Waals surface area contributed by atoms with Crippen LogP contribution in [0.25, 0.3) is 0 Å². The van der Waals surface area contributed by atoms with Crippen LogP contribution in [0.15, 0.2) is 0 Å². The van der Waals surface area contributed by atoms with Crippen molar-refractivity contribution in [3.63, 3.8) is 0 Å². The number of hydrogen-bond acceptors (Lipinski definition) is 2. The summed E-state index contributed by atoms with van der Waals surface area (Å²) >= 11 is 0. The van der Waals surface area contributed by atoms with Crippen LogP contribution in [0, 0.1) is 35.5 Å². The third kappa shape index (κ3) is 3.95. The quantitative estimate of drug-likeness (QED) is 0.781. The maximum absolute atomic E-state index is 13.1. The second-order valence-corrected chi connectivity index (χ2v) is 11.7. The second-order valence-electron chi connectivity index (χ2n) is 11.7. The van der Waals surface area contributed by atoms with Crippen LogP contribution in [0.3, 0.4) is 0 Å². The summed E-state index contributed by atoms with van der Waals surface area (Å²) in [5, 5.41) is 3.58. The first-order chi connectivity index (χ1) is 13.5. The van der Waals surface area contributed by atoms with Crippen molar-refractivity contribution < 1.29 is 4.79 Å². The number of nitrogens with zero attached hydrogens (tertiary/aromatic N) is 2. The van der Waals surface area contributed by atoms with E-state index in [-0.39, 0.29) is 11.6 Å². The highest BCUT2D eigenvalue weighted by molar-refractivity contribution is 5.75. The summed E-state index contributed by atoms with van der Waals surface area (Å²) < 4.78 is 0. The van der Waals surface area contributed by atoms with Crippen LogP contribution >= 0.6 is 0 Å². The fraction of sp³-hybridized carbons (Fsp3) is 0.958. The first-order valence-corrected chi connectivity index (χ1v) is 12.3. The molecule has 4 saturated carbocycles. The molecular formula is C24H41N3O. The summed E-state index contributed by atoms with van der Waals surface area (Å²) in [7, 11) is 0. The Kier molecular flexibility index (Phi) is 5.13. The summed E-state index contributed by atoms with van der Waals surface area (Å²) in [6.07, 6.45) is 11.9. The lowest BCUT2D eigenvalue weighted by Gasteiger charge is -2.57. The third-order valence-corrected chi connectivity index (χ3v) is 8.77. The van der Waals surface area contributed by atoms with Crippen molar-refractivity contribution in [3.05, 3.63) is 0 Å². The lowest BCUT2D eigenvalue weighted by Crippen LogP contribution is -2.62. The van der Waals surface area contributed by atoms with Crippen molar-refractivity contribution >= 4 is 6.03 Å². The molecule has 4 nitrogen and oxygen atoms in total. The molecule has 0 radical (unpaired) electrons. The van der Waals surface area contributed by atoms with Gasteiger partial charge in [0.25, 0.3) is 0 Å². The highest BCUT2D eigenvalue weighted by atomic mass is 16.2. The largest absolute Gasteiger partial charge is 0.333 e. The monoisotopic (exact) mass is 387 g/mol. The maximum atomic E-state index is 13.1. The average Bonchev–Trinajstić information content (AvgIpc) is 2.59. The Bertz CT molecular complexity index is 537. The number of rotatable bonds is 3. The Morgan fingerprint density at radius 2 is 1.43 bits per heavy atom. The van der Waals surface area contributed by atoms with Gasteiger partial charge in [-0.1, -0.05) is 13.8 Å². The summed E-state index contributed by atoms with van der Waals surface area (Å²) in [6, 6.07) is 0.251. The van der Waals surface area contributed by atoms with E-state index in [1.807, 2.05) is 0 Å². The Morgan fingerprint density at radius 3 is 1.96 bits per heavy atom. The van der Waals surface area contributed by atoms with Gasteiger partial charge in [-0.15, -0.1) is 0 Å². The molecule has 2 heterocycles. The van der Waals surface area contributed by atoms with Crippen molar-refractivity contribution in [3.8, 4) is 0 Å². The van der Waals surface area contributed by atoms with Crippen molar-refractivity contribution in [2.75, 3.05) is 32.7 Å². The van der Waals surface area contributed by atoms with Crippen LogP contribution in [0.4, 0.5) is 4.79 Å². The van der Waals surface area contributed by atoms with E-state index in [9.17, 15) is 4.79 Å². The van der Waals surface area contributed by atoms with Gasteiger partial charge in [0.05, 0.1) is 0 Å². The molecule has 28 heavy (non-hydrogen) atoms. The van der Waals surface area contributed by atoms with E-state index in [0.29, 0.717) is 0 Å². The number of likely N-dealkylation sites (tertiary alicyclic amines) is 2. The standard InChI is InChI=1S/C24H41N3O/c1-17-7-18(2)15-26(14-17)16-19-3-5-27(6-4-19)23(28)25-24-11-20-8-21(12-24)10-22(9-20)13-24/h17-22H,3-16H2,1-2H3,(H,25,28)/t17-,18+,20?,21?,22?,24?. The SMILES string of the molecule is C[C@@H]1C[C@H](C)CN(CC2CCN(C(=O)NC34CC5CC(CC(C5)C3)C4)CC2)C1. The summed E-state index contributed by atoms with van der Waals surface area (Å²) in [5.41, 5.74) is 0.156. The molecule has 6 aliphatic rings. The van der Waals surface area contributed by atoms with Crippen molar-refractivity contribution in [2.45, 2.75) is 77.2 Å². The highest BCUT2D eigenvalue weighted by Gasteiger charge is 2.51. The molecule has 0 aromatic rings. The first-order valence-electron chi connectivity index (χ1n) is 12.3. The molecule has 4 bridgehead atoms. The molecule has 6 rings (SSSR count). The van der Waals surface area contributed by atoms with Crippen LogP contribution < -0.4 is 5.32 Å². The smallest absolute Gasteiger partial charge is 0.317 e. The molecule has 1 N–H and O–H groups in total. The maximum Gasteiger partial charge on any atom is 0.317 e. The first kappa shape index (κ1) is 19.2. The van der Waals surface area contributed by atoms with Crippen LogP contribution in [0.1, 0.15) is 71.6 Å². The van der Waals surface area contributed by atoms with Gasteiger partial charge >= 0.3 is 6.03 Å². The van der Waals surface area contributed by atoms with E-state index in [1.54, 1.807) is 0 Å². The number of carbonyl (C=O) groups excluding carboxylic acids is 1. The lowest BCUT2D eigenvalue weighted by atomic mass is 9.53. The van der Waals surface area contributed by atoms with Gasteiger partial charge in [-0.2, -0.15) is 0 Å². The van der Waals surface area contributed by atoms with Crippen LogP contribution in [0.5, 0.6) is 0 Å². The predicted octanol–water partition coefficient (Wildman–Crippen LogP) is 4.35. The lowest BCUT2D eigenvalue weighted by molar-refractivity contribution is -0.0163. The molecule has 0 aromatic carbocycles. The van der Waals surface area contributed by atoms with E-state index in [0.717, 1.165) is 48.6 Å². The molecule has 4 aliphatic carbocycles. The third-order valence-electron chi connectivity index (χ3n) is 8.77.